The van der Waals surface area contributed by atoms with E-state index in [0.29, 0.717) is 10.2 Å². The topological polar surface area (TPSA) is 50.9 Å². The monoisotopic (exact) mass is 347 g/mol. The van der Waals surface area contributed by atoms with Crippen molar-refractivity contribution in [2.24, 2.45) is 0 Å². The zero-order valence-corrected chi connectivity index (χ0v) is 12.7. The Bertz CT molecular complexity index is 998. The highest BCUT2D eigenvalue weighted by Gasteiger charge is 2.28. The van der Waals surface area contributed by atoms with Crippen LogP contribution in [0.4, 0.5) is 13.2 Å². The molecule has 0 aliphatic rings. The van der Waals surface area contributed by atoms with E-state index >= 15 is 0 Å². The lowest BCUT2D eigenvalue weighted by atomic mass is 10.1. The molecular weight excluding hydrogens is 339 g/mol. The van der Waals surface area contributed by atoms with Gasteiger partial charge in [-0.15, -0.1) is 11.3 Å². The average molecular weight is 347 g/mol. The first-order valence-electron chi connectivity index (χ1n) is 6.81. The minimum atomic E-state index is -1.42. The standard InChI is InChI=1S/C16H8F3N3OS/c17-11-10(16-21-8-3-1-2-4-9(8)24-16)15(23)13(19)14(12(11)18)22-6-5-20-7-22/h1-7,23H. The van der Waals surface area contributed by atoms with Crippen molar-refractivity contribution in [2.45, 2.75) is 0 Å². The number of hydrogen-bond acceptors (Lipinski definition) is 4. The minimum Gasteiger partial charge on any atom is -0.504 e. The highest BCUT2D eigenvalue weighted by Crippen LogP contribution is 2.41. The van der Waals surface area contributed by atoms with E-state index in [1.807, 2.05) is 0 Å². The SMILES string of the molecule is Oc1c(F)c(-n2ccnc2)c(F)c(F)c1-c1nc2ccccc2s1. The number of imidazole rings is 1. The Morgan fingerprint density at radius 3 is 2.54 bits per heavy atom. The second-order valence-corrected chi connectivity index (χ2v) is 6.00. The molecule has 120 valence electrons. The van der Waals surface area contributed by atoms with Crippen LogP contribution in [0.1, 0.15) is 0 Å². The molecule has 4 nitrogen and oxygen atoms in total. The summed E-state index contributed by atoms with van der Waals surface area (Å²) in [5.74, 6) is -5.05. The van der Waals surface area contributed by atoms with Gasteiger partial charge in [0.1, 0.15) is 10.7 Å². The van der Waals surface area contributed by atoms with Gasteiger partial charge in [0.25, 0.3) is 0 Å². The Labute approximate surface area is 137 Å². The molecule has 0 atom stereocenters. The fourth-order valence-electron chi connectivity index (χ4n) is 2.43. The maximum atomic E-state index is 14.5. The predicted molar refractivity (Wildman–Crippen MR) is 83.7 cm³/mol. The summed E-state index contributed by atoms with van der Waals surface area (Å²) in [6.07, 6.45) is 3.64. The van der Waals surface area contributed by atoms with Crippen LogP contribution in [0.15, 0.2) is 43.0 Å². The molecule has 0 saturated heterocycles. The highest BCUT2D eigenvalue weighted by molar-refractivity contribution is 7.21. The molecule has 8 heteroatoms. The lowest BCUT2D eigenvalue weighted by Crippen LogP contribution is -2.04. The number of phenols is 1. The van der Waals surface area contributed by atoms with E-state index in [1.165, 1.54) is 12.4 Å². The van der Waals surface area contributed by atoms with Gasteiger partial charge in [-0.1, -0.05) is 12.1 Å². The molecule has 0 radical (unpaired) electrons. The largest absolute Gasteiger partial charge is 0.504 e. The van der Waals surface area contributed by atoms with Gasteiger partial charge in [-0.2, -0.15) is 0 Å². The molecule has 2 aromatic heterocycles. The Balaban J connectivity index is 2.00. The molecular formula is C16H8F3N3OS. The lowest BCUT2D eigenvalue weighted by molar-refractivity contribution is 0.413. The Morgan fingerprint density at radius 2 is 1.83 bits per heavy atom. The molecule has 2 heterocycles. The van der Waals surface area contributed by atoms with Gasteiger partial charge in [0, 0.05) is 12.4 Å². The molecule has 0 unspecified atom stereocenters. The minimum absolute atomic E-state index is 0.00109. The number of phenolic OH excluding ortho intramolecular Hbond substituents is 1. The molecule has 1 N–H and O–H groups in total. The normalized spacial score (nSPS) is 11.3. The van der Waals surface area contributed by atoms with E-state index in [9.17, 15) is 18.3 Å². The van der Waals surface area contributed by atoms with Gasteiger partial charge >= 0.3 is 0 Å². The van der Waals surface area contributed by atoms with Crippen LogP contribution in [0.5, 0.6) is 5.75 Å². The third kappa shape index (κ3) is 2.07. The fraction of sp³-hybridized carbons (Fsp3) is 0. The van der Waals surface area contributed by atoms with Gasteiger partial charge in [-0.3, -0.25) is 0 Å². The number of rotatable bonds is 2. The molecule has 0 aliphatic heterocycles. The van der Waals surface area contributed by atoms with E-state index in [4.69, 9.17) is 0 Å². The number of halogens is 3. The van der Waals surface area contributed by atoms with Gasteiger partial charge in [0.05, 0.1) is 22.1 Å². The Morgan fingerprint density at radius 1 is 1.04 bits per heavy atom. The molecule has 0 bridgehead atoms. The van der Waals surface area contributed by atoms with E-state index in [2.05, 4.69) is 9.97 Å². The molecule has 0 fully saturated rings. The number of fused-ring (bicyclic) bond motifs is 1. The number of thiazole rings is 1. The van der Waals surface area contributed by atoms with Gasteiger partial charge in [0.15, 0.2) is 23.2 Å². The summed E-state index contributed by atoms with van der Waals surface area (Å²) >= 11 is 1.04. The van der Waals surface area contributed by atoms with Crippen LogP contribution in [0, 0.1) is 17.5 Å². The third-order valence-corrected chi connectivity index (χ3v) is 4.60. The smallest absolute Gasteiger partial charge is 0.192 e. The van der Waals surface area contributed by atoms with Crippen LogP contribution >= 0.6 is 11.3 Å². The van der Waals surface area contributed by atoms with Crippen molar-refractivity contribution in [1.29, 1.82) is 0 Å². The molecule has 24 heavy (non-hydrogen) atoms. The molecule has 2 aromatic carbocycles. The lowest BCUT2D eigenvalue weighted by Gasteiger charge is -2.11. The summed E-state index contributed by atoms with van der Waals surface area (Å²) in [6.45, 7) is 0. The molecule has 4 aromatic rings. The van der Waals surface area contributed by atoms with Gasteiger partial charge in [-0.25, -0.2) is 23.1 Å². The van der Waals surface area contributed by atoms with Gasteiger partial charge in [-0.05, 0) is 12.1 Å². The van der Waals surface area contributed by atoms with Crippen LogP contribution in [-0.2, 0) is 0 Å². The van der Waals surface area contributed by atoms with Crippen LogP contribution in [0.3, 0.4) is 0 Å². The first kappa shape index (κ1) is 14.7. The molecule has 0 saturated carbocycles. The number of aromatic hydroxyl groups is 1. The first-order valence-corrected chi connectivity index (χ1v) is 7.63. The zero-order chi connectivity index (χ0) is 16.8. The van der Waals surface area contributed by atoms with Gasteiger partial charge in [0.2, 0.25) is 0 Å². The van der Waals surface area contributed by atoms with E-state index in [1.54, 1.807) is 24.3 Å². The maximum absolute atomic E-state index is 14.5. The van der Waals surface area contributed by atoms with E-state index in [0.717, 1.165) is 22.2 Å². The maximum Gasteiger partial charge on any atom is 0.192 e. The second-order valence-electron chi connectivity index (χ2n) is 4.97. The van der Waals surface area contributed by atoms with E-state index in [-0.39, 0.29) is 5.01 Å². The second kappa shape index (κ2) is 5.34. The van der Waals surface area contributed by atoms with Crippen molar-refractivity contribution in [3.8, 4) is 22.0 Å². The number of hydrogen-bond donors (Lipinski definition) is 1. The molecule has 0 spiro atoms. The van der Waals surface area contributed by atoms with E-state index < -0.39 is 34.5 Å². The summed E-state index contributed by atoms with van der Waals surface area (Å²) in [5.41, 5.74) is -0.766. The molecule has 0 aliphatic carbocycles. The summed E-state index contributed by atoms with van der Waals surface area (Å²) in [7, 11) is 0. The summed E-state index contributed by atoms with van der Waals surface area (Å²) < 4.78 is 45.1. The Hall–Kier alpha value is -2.87. The first-order chi connectivity index (χ1) is 11.6. The number of para-hydroxylation sites is 1. The van der Waals surface area contributed by atoms with Crippen LogP contribution in [-0.4, -0.2) is 19.6 Å². The average Bonchev–Trinajstić information content (AvgIpc) is 3.22. The quantitative estimate of drug-likeness (QED) is 0.551. The fourth-order valence-corrected chi connectivity index (χ4v) is 3.43. The highest BCUT2D eigenvalue weighted by atomic mass is 32.1. The van der Waals surface area contributed by atoms with Crippen LogP contribution in [0.2, 0.25) is 0 Å². The molecule has 0 amide bonds. The van der Waals surface area contributed by atoms with Crippen molar-refractivity contribution in [1.82, 2.24) is 14.5 Å². The van der Waals surface area contributed by atoms with Crippen molar-refractivity contribution >= 4 is 21.6 Å². The number of nitrogens with zero attached hydrogens (tertiary/aromatic N) is 3. The van der Waals surface area contributed by atoms with Crippen molar-refractivity contribution in [3.63, 3.8) is 0 Å². The van der Waals surface area contributed by atoms with Crippen molar-refractivity contribution in [3.05, 3.63) is 60.4 Å². The van der Waals surface area contributed by atoms with Crippen LogP contribution in [0.25, 0.3) is 26.5 Å². The molecule has 4 rings (SSSR count). The Kier molecular flexibility index (Phi) is 3.27. The van der Waals surface area contributed by atoms with Crippen molar-refractivity contribution < 1.29 is 18.3 Å². The summed E-state index contributed by atoms with van der Waals surface area (Å²) in [5, 5.41) is 10.1. The summed E-state index contributed by atoms with van der Waals surface area (Å²) in [4.78, 5) is 7.81. The predicted octanol–water partition coefficient (Wildman–Crippen LogP) is 4.27. The number of aromatic nitrogens is 3. The zero-order valence-electron chi connectivity index (χ0n) is 11.9. The van der Waals surface area contributed by atoms with Crippen molar-refractivity contribution in [2.75, 3.05) is 0 Å². The third-order valence-electron chi connectivity index (χ3n) is 3.54. The van der Waals surface area contributed by atoms with Gasteiger partial charge < -0.3 is 9.67 Å². The summed E-state index contributed by atoms with van der Waals surface area (Å²) in [6, 6.07) is 6.95. The number of benzene rings is 2. The van der Waals surface area contributed by atoms with Crippen LogP contribution < -0.4 is 0 Å².